The SMILES string of the molecule is CCOC(=O)[C@H](C#N)[C@@](C#N)(C(=O)OCC)[C@H]1CCCCC1=O. The quantitative estimate of drug-likeness (QED) is 0.681. The first-order valence-corrected chi connectivity index (χ1v) is 7.66. The molecule has 0 aliphatic heterocycles. The van der Waals surface area contributed by atoms with Crippen LogP contribution in [0.15, 0.2) is 0 Å². The number of rotatable bonds is 6. The molecular weight excluding hydrogens is 300 g/mol. The van der Waals surface area contributed by atoms with Gasteiger partial charge in [0, 0.05) is 12.3 Å². The van der Waals surface area contributed by atoms with Crippen LogP contribution in [-0.2, 0) is 23.9 Å². The second kappa shape index (κ2) is 8.28. The smallest absolute Gasteiger partial charge is 0.329 e. The summed E-state index contributed by atoms with van der Waals surface area (Å²) in [6, 6.07) is 3.46. The third-order valence-corrected chi connectivity index (χ3v) is 4.01. The molecule has 1 aliphatic carbocycles. The molecule has 0 N–H and O–H groups in total. The van der Waals surface area contributed by atoms with Crippen molar-refractivity contribution < 1.29 is 23.9 Å². The van der Waals surface area contributed by atoms with Crippen molar-refractivity contribution in [3.8, 4) is 12.1 Å². The topological polar surface area (TPSA) is 117 Å². The van der Waals surface area contributed by atoms with Crippen LogP contribution in [-0.4, -0.2) is 30.9 Å². The van der Waals surface area contributed by atoms with Crippen LogP contribution in [0, 0.1) is 39.9 Å². The fraction of sp³-hybridized carbons (Fsp3) is 0.688. The Hall–Kier alpha value is -2.41. The van der Waals surface area contributed by atoms with E-state index in [-0.39, 0.29) is 31.8 Å². The molecular formula is C16H20N2O5. The molecule has 1 fully saturated rings. The Kier molecular flexibility index (Phi) is 6.71. The molecule has 0 amide bonds. The molecule has 0 aromatic carbocycles. The largest absolute Gasteiger partial charge is 0.465 e. The van der Waals surface area contributed by atoms with Gasteiger partial charge in [-0.25, -0.2) is 0 Å². The van der Waals surface area contributed by atoms with Crippen LogP contribution in [0.4, 0.5) is 0 Å². The van der Waals surface area contributed by atoms with Crippen LogP contribution in [0.5, 0.6) is 0 Å². The molecule has 23 heavy (non-hydrogen) atoms. The molecule has 0 unspecified atom stereocenters. The van der Waals surface area contributed by atoms with Crippen LogP contribution in [0.2, 0.25) is 0 Å². The highest BCUT2D eigenvalue weighted by atomic mass is 16.5. The second-order valence-electron chi connectivity index (χ2n) is 5.28. The molecule has 0 heterocycles. The summed E-state index contributed by atoms with van der Waals surface area (Å²) in [6.07, 6.45) is 1.79. The summed E-state index contributed by atoms with van der Waals surface area (Å²) in [5, 5.41) is 19.1. The average molecular weight is 320 g/mol. The lowest BCUT2D eigenvalue weighted by atomic mass is 9.62. The molecule has 124 valence electrons. The maximum atomic E-state index is 12.5. The minimum atomic E-state index is -2.16. The zero-order valence-electron chi connectivity index (χ0n) is 13.3. The van der Waals surface area contributed by atoms with E-state index in [1.165, 1.54) is 0 Å². The Balaban J connectivity index is 3.42. The van der Waals surface area contributed by atoms with E-state index in [1.54, 1.807) is 26.0 Å². The lowest BCUT2D eigenvalue weighted by Crippen LogP contribution is -2.51. The predicted molar refractivity (Wildman–Crippen MR) is 77.4 cm³/mol. The molecule has 0 radical (unpaired) electrons. The van der Waals surface area contributed by atoms with Gasteiger partial charge in [0.15, 0.2) is 11.3 Å². The van der Waals surface area contributed by atoms with Gasteiger partial charge in [0.25, 0.3) is 0 Å². The van der Waals surface area contributed by atoms with Crippen LogP contribution >= 0.6 is 0 Å². The summed E-state index contributed by atoms with van der Waals surface area (Å²) >= 11 is 0. The molecule has 0 spiro atoms. The van der Waals surface area contributed by atoms with Crippen molar-refractivity contribution in [2.45, 2.75) is 39.5 Å². The standard InChI is InChI=1S/C16H20N2O5/c1-3-22-14(20)12(9-17)16(10-18,15(21)23-4-2)11-7-5-6-8-13(11)19/h11-12H,3-8H2,1-2H3/t11-,12-,16-/m0/s1. The fourth-order valence-electron chi connectivity index (χ4n) is 2.93. The van der Waals surface area contributed by atoms with Gasteiger partial charge in [0.2, 0.25) is 0 Å². The van der Waals surface area contributed by atoms with Crippen LogP contribution in [0.3, 0.4) is 0 Å². The first-order valence-electron chi connectivity index (χ1n) is 7.66. The Morgan fingerprint density at radius 1 is 1.26 bits per heavy atom. The summed E-state index contributed by atoms with van der Waals surface area (Å²) in [6.45, 7) is 3.08. The number of carbonyl (C=O) groups is 3. The molecule has 3 atom stereocenters. The Morgan fingerprint density at radius 3 is 2.39 bits per heavy atom. The van der Waals surface area contributed by atoms with Crippen molar-refractivity contribution in [3.63, 3.8) is 0 Å². The average Bonchev–Trinajstić information content (AvgIpc) is 2.53. The van der Waals surface area contributed by atoms with E-state index in [2.05, 4.69) is 0 Å². The van der Waals surface area contributed by atoms with Crippen molar-refractivity contribution in [2.24, 2.45) is 17.3 Å². The van der Waals surface area contributed by atoms with E-state index in [9.17, 15) is 24.9 Å². The molecule has 0 saturated heterocycles. The number of hydrogen-bond donors (Lipinski definition) is 0. The number of Topliss-reactive ketones (excluding diaryl/α,β-unsaturated/α-hetero) is 1. The monoisotopic (exact) mass is 320 g/mol. The van der Waals surface area contributed by atoms with E-state index in [0.29, 0.717) is 12.8 Å². The van der Waals surface area contributed by atoms with Gasteiger partial charge in [-0.05, 0) is 26.7 Å². The molecule has 7 heteroatoms. The van der Waals surface area contributed by atoms with Crippen LogP contribution in [0.1, 0.15) is 39.5 Å². The lowest BCUT2D eigenvalue weighted by molar-refractivity contribution is -0.168. The zero-order valence-corrected chi connectivity index (χ0v) is 13.3. The van der Waals surface area contributed by atoms with Gasteiger partial charge in [-0.15, -0.1) is 0 Å². The summed E-state index contributed by atoms with van der Waals surface area (Å²) in [5.41, 5.74) is -2.16. The molecule has 0 aromatic heterocycles. The number of nitriles is 2. The van der Waals surface area contributed by atoms with E-state index >= 15 is 0 Å². The Labute approximate surface area is 135 Å². The maximum Gasteiger partial charge on any atom is 0.329 e. The molecule has 1 aliphatic rings. The molecule has 1 rings (SSSR count). The number of ketones is 1. The van der Waals surface area contributed by atoms with E-state index in [1.807, 2.05) is 0 Å². The minimum absolute atomic E-state index is 0.0000393. The number of carbonyl (C=O) groups excluding carboxylic acids is 3. The third-order valence-electron chi connectivity index (χ3n) is 4.01. The maximum absolute atomic E-state index is 12.5. The van der Waals surface area contributed by atoms with Gasteiger partial charge in [0.05, 0.1) is 25.4 Å². The predicted octanol–water partition coefficient (Wildman–Crippen LogP) is 1.52. The summed E-state index contributed by atoms with van der Waals surface area (Å²) in [7, 11) is 0. The highest BCUT2D eigenvalue weighted by Gasteiger charge is 2.60. The molecule has 0 bridgehead atoms. The van der Waals surface area contributed by atoms with E-state index in [0.717, 1.165) is 0 Å². The van der Waals surface area contributed by atoms with Gasteiger partial charge in [-0.2, -0.15) is 10.5 Å². The number of ether oxygens (including phenoxy) is 2. The first kappa shape index (κ1) is 18.6. The van der Waals surface area contributed by atoms with Crippen molar-refractivity contribution in [1.29, 1.82) is 10.5 Å². The summed E-state index contributed by atoms with van der Waals surface area (Å²) < 4.78 is 9.76. The van der Waals surface area contributed by atoms with Crippen molar-refractivity contribution in [2.75, 3.05) is 13.2 Å². The van der Waals surface area contributed by atoms with Gasteiger partial charge >= 0.3 is 11.9 Å². The van der Waals surface area contributed by atoms with Gasteiger partial charge < -0.3 is 9.47 Å². The molecule has 7 nitrogen and oxygen atoms in total. The first-order chi connectivity index (χ1) is 11.0. The fourth-order valence-corrected chi connectivity index (χ4v) is 2.93. The van der Waals surface area contributed by atoms with E-state index < -0.39 is 29.2 Å². The number of nitrogens with zero attached hydrogens (tertiary/aromatic N) is 2. The highest BCUT2D eigenvalue weighted by Crippen LogP contribution is 2.43. The summed E-state index contributed by atoms with van der Waals surface area (Å²) in [4.78, 5) is 36.9. The normalized spacial score (nSPS) is 21.2. The zero-order chi connectivity index (χ0) is 17.5. The third kappa shape index (κ3) is 3.50. The van der Waals surface area contributed by atoms with Gasteiger partial charge in [0.1, 0.15) is 5.78 Å². The van der Waals surface area contributed by atoms with E-state index in [4.69, 9.17) is 9.47 Å². The Morgan fingerprint density at radius 2 is 1.91 bits per heavy atom. The van der Waals surface area contributed by atoms with Crippen molar-refractivity contribution in [3.05, 3.63) is 0 Å². The van der Waals surface area contributed by atoms with Crippen LogP contribution in [0.25, 0.3) is 0 Å². The molecule has 1 saturated carbocycles. The summed E-state index contributed by atoms with van der Waals surface area (Å²) in [5.74, 6) is -5.02. The lowest BCUT2D eigenvalue weighted by Gasteiger charge is -2.35. The van der Waals surface area contributed by atoms with Crippen molar-refractivity contribution >= 4 is 17.7 Å². The van der Waals surface area contributed by atoms with Crippen LogP contribution < -0.4 is 0 Å². The highest BCUT2D eigenvalue weighted by molar-refractivity contribution is 5.96. The number of hydrogen-bond acceptors (Lipinski definition) is 7. The second-order valence-corrected chi connectivity index (χ2v) is 5.28. The van der Waals surface area contributed by atoms with Crippen molar-refractivity contribution in [1.82, 2.24) is 0 Å². The molecule has 0 aromatic rings. The minimum Gasteiger partial charge on any atom is -0.465 e. The van der Waals surface area contributed by atoms with Gasteiger partial charge in [-0.3, -0.25) is 14.4 Å². The number of esters is 2. The Bertz CT molecular complexity index is 560. The van der Waals surface area contributed by atoms with Gasteiger partial charge in [-0.1, -0.05) is 6.42 Å².